The fourth-order valence-corrected chi connectivity index (χ4v) is 1.54. The molecule has 0 aliphatic rings. The maximum atomic E-state index is 5.48. The van der Waals surface area contributed by atoms with E-state index in [1.807, 2.05) is 19.1 Å². The molecule has 1 aromatic carbocycles. The van der Waals surface area contributed by atoms with Crippen molar-refractivity contribution in [1.82, 2.24) is 5.48 Å². The second-order valence-electron chi connectivity index (χ2n) is 3.24. The third kappa shape index (κ3) is 1.52. The Kier molecular flexibility index (Phi) is 2.52. The zero-order chi connectivity index (χ0) is 9.97. The van der Waals surface area contributed by atoms with E-state index in [9.17, 15) is 0 Å². The van der Waals surface area contributed by atoms with E-state index in [1.54, 1.807) is 13.4 Å². The summed E-state index contributed by atoms with van der Waals surface area (Å²) in [6, 6.07) is 6.13. The molecule has 0 unspecified atom stereocenters. The van der Waals surface area contributed by atoms with Crippen LogP contribution in [0.5, 0.6) is 0 Å². The van der Waals surface area contributed by atoms with Gasteiger partial charge in [-0.15, -0.1) is 0 Å². The number of benzene rings is 1. The number of hydroxylamine groups is 1. The Bertz CT molecular complexity index is 434. The van der Waals surface area contributed by atoms with Crippen LogP contribution in [-0.4, -0.2) is 7.11 Å². The van der Waals surface area contributed by atoms with Crippen molar-refractivity contribution in [2.75, 3.05) is 7.11 Å². The van der Waals surface area contributed by atoms with Crippen LogP contribution in [0.2, 0.25) is 0 Å². The van der Waals surface area contributed by atoms with Crippen LogP contribution in [0.1, 0.15) is 11.1 Å². The number of fused-ring (bicyclic) bond motifs is 1. The first kappa shape index (κ1) is 9.24. The van der Waals surface area contributed by atoms with Crippen molar-refractivity contribution in [2.24, 2.45) is 0 Å². The lowest BCUT2D eigenvalue weighted by Crippen LogP contribution is -2.10. The third-order valence-electron chi connectivity index (χ3n) is 2.28. The van der Waals surface area contributed by atoms with Gasteiger partial charge in [0.1, 0.15) is 5.58 Å². The number of rotatable bonds is 3. The van der Waals surface area contributed by atoms with Gasteiger partial charge in [0.15, 0.2) is 0 Å². The number of furan rings is 1. The van der Waals surface area contributed by atoms with Crippen molar-refractivity contribution >= 4 is 11.0 Å². The molecule has 0 saturated heterocycles. The standard InChI is InChI=1S/C11H13NO2/c1-8-4-3-5-10-9(6-12-13-2)7-14-11(8)10/h3-5,7,12H,6H2,1-2H3. The van der Waals surface area contributed by atoms with Gasteiger partial charge in [-0.25, -0.2) is 0 Å². The number of aryl methyl sites for hydroxylation is 1. The predicted octanol–water partition coefficient (Wildman–Crippen LogP) is 2.39. The number of hydrogen-bond acceptors (Lipinski definition) is 3. The maximum Gasteiger partial charge on any atom is 0.137 e. The molecule has 3 nitrogen and oxygen atoms in total. The van der Waals surface area contributed by atoms with Crippen LogP contribution in [0.3, 0.4) is 0 Å². The largest absolute Gasteiger partial charge is 0.464 e. The molecule has 0 spiro atoms. The Labute approximate surface area is 82.6 Å². The zero-order valence-corrected chi connectivity index (χ0v) is 8.33. The van der Waals surface area contributed by atoms with Gasteiger partial charge < -0.3 is 9.25 Å². The van der Waals surface area contributed by atoms with Crippen molar-refractivity contribution < 1.29 is 9.25 Å². The lowest BCUT2D eigenvalue weighted by atomic mass is 10.1. The van der Waals surface area contributed by atoms with Crippen LogP contribution in [0, 0.1) is 6.92 Å². The highest BCUT2D eigenvalue weighted by atomic mass is 16.6. The SMILES string of the molecule is CONCc1coc2c(C)cccc12. The van der Waals surface area contributed by atoms with Gasteiger partial charge in [-0.2, -0.15) is 5.48 Å². The minimum Gasteiger partial charge on any atom is -0.464 e. The minimum absolute atomic E-state index is 0.660. The van der Waals surface area contributed by atoms with Crippen LogP contribution < -0.4 is 5.48 Å². The van der Waals surface area contributed by atoms with Crippen LogP contribution in [0.15, 0.2) is 28.9 Å². The number of hydrogen-bond donors (Lipinski definition) is 1. The molecule has 1 heterocycles. The van der Waals surface area contributed by atoms with Gasteiger partial charge in [-0.1, -0.05) is 18.2 Å². The Balaban J connectivity index is 2.42. The summed E-state index contributed by atoms with van der Waals surface area (Å²) in [6.45, 7) is 2.70. The molecule has 3 heteroatoms. The van der Waals surface area contributed by atoms with E-state index in [4.69, 9.17) is 9.25 Å². The molecule has 0 bridgehead atoms. The Morgan fingerprint density at radius 3 is 3.07 bits per heavy atom. The second-order valence-corrected chi connectivity index (χ2v) is 3.24. The van der Waals surface area contributed by atoms with Crippen molar-refractivity contribution in [3.8, 4) is 0 Å². The van der Waals surface area contributed by atoms with Gasteiger partial charge in [0.25, 0.3) is 0 Å². The molecule has 1 aromatic heterocycles. The van der Waals surface area contributed by atoms with Crippen molar-refractivity contribution in [3.05, 3.63) is 35.6 Å². The van der Waals surface area contributed by atoms with Gasteiger partial charge in [-0.3, -0.25) is 0 Å². The van der Waals surface area contributed by atoms with Crippen LogP contribution >= 0.6 is 0 Å². The average molecular weight is 191 g/mol. The Morgan fingerprint density at radius 2 is 2.29 bits per heavy atom. The van der Waals surface area contributed by atoms with E-state index >= 15 is 0 Å². The van der Waals surface area contributed by atoms with E-state index in [0.717, 1.165) is 22.1 Å². The summed E-state index contributed by atoms with van der Waals surface area (Å²) in [5.74, 6) is 0. The topological polar surface area (TPSA) is 34.4 Å². The van der Waals surface area contributed by atoms with Gasteiger partial charge in [-0.05, 0) is 12.5 Å². The van der Waals surface area contributed by atoms with Crippen LogP contribution in [0.4, 0.5) is 0 Å². The molecule has 0 radical (unpaired) electrons. The normalized spacial score (nSPS) is 11.0. The summed E-state index contributed by atoms with van der Waals surface area (Å²) in [4.78, 5) is 4.80. The minimum atomic E-state index is 0.660. The highest BCUT2D eigenvalue weighted by Gasteiger charge is 2.06. The van der Waals surface area contributed by atoms with Crippen molar-refractivity contribution in [1.29, 1.82) is 0 Å². The molecule has 2 rings (SSSR count). The molecule has 0 aliphatic carbocycles. The molecule has 0 amide bonds. The average Bonchev–Trinajstić information content (AvgIpc) is 2.60. The summed E-state index contributed by atoms with van der Waals surface area (Å²) >= 11 is 0. The molecule has 0 atom stereocenters. The van der Waals surface area contributed by atoms with E-state index in [0.29, 0.717) is 6.54 Å². The number of para-hydroxylation sites is 1. The number of nitrogens with one attached hydrogen (secondary N) is 1. The molecular formula is C11H13NO2. The van der Waals surface area contributed by atoms with Gasteiger partial charge in [0.2, 0.25) is 0 Å². The lowest BCUT2D eigenvalue weighted by Gasteiger charge is -1.99. The monoisotopic (exact) mass is 191 g/mol. The maximum absolute atomic E-state index is 5.48. The Morgan fingerprint density at radius 1 is 1.43 bits per heavy atom. The Hall–Kier alpha value is -1.32. The third-order valence-corrected chi connectivity index (χ3v) is 2.28. The summed E-state index contributed by atoms with van der Waals surface area (Å²) in [7, 11) is 1.60. The van der Waals surface area contributed by atoms with Gasteiger partial charge >= 0.3 is 0 Å². The van der Waals surface area contributed by atoms with Crippen LogP contribution in [-0.2, 0) is 11.4 Å². The highest BCUT2D eigenvalue weighted by molar-refractivity contribution is 5.83. The zero-order valence-electron chi connectivity index (χ0n) is 8.33. The van der Waals surface area contributed by atoms with Crippen LogP contribution in [0.25, 0.3) is 11.0 Å². The molecule has 14 heavy (non-hydrogen) atoms. The molecular weight excluding hydrogens is 178 g/mol. The lowest BCUT2D eigenvalue weighted by molar-refractivity contribution is 0.0868. The van der Waals surface area contributed by atoms with E-state index in [-0.39, 0.29) is 0 Å². The molecule has 74 valence electrons. The fourth-order valence-electron chi connectivity index (χ4n) is 1.54. The first-order valence-corrected chi connectivity index (χ1v) is 4.54. The fraction of sp³-hybridized carbons (Fsp3) is 0.273. The van der Waals surface area contributed by atoms with E-state index < -0.39 is 0 Å². The van der Waals surface area contributed by atoms with Gasteiger partial charge in [0, 0.05) is 17.5 Å². The molecule has 1 N–H and O–H groups in total. The summed E-state index contributed by atoms with van der Waals surface area (Å²) in [5, 5.41) is 1.15. The first-order valence-electron chi connectivity index (χ1n) is 4.54. The second kappa shape index (κ2) is 3.82. The summed E-state index contributed by atoms with van der Waals surface area (Å²) in [6.07, 6.45) is 1.77. The van der Waals surface area contributed by atoms with E-state index in [1.165, 1.54) is 0 Å². The molecule has 0 fully saturated rings. The highest BCUT2D eigenvalue weighted by Crippen LogP contribution is 2.23. The van der Waals surface area contributed by atoms with E-state index in [2.05, 4.69) is 11.5 Å². The molecule has 2 aromatic rings. The first-order chi connectivity index (χ1) is 6.83. The van der Waals surface area contributed by atoms with Crippen molar-refractivity contribution in [3.63, 3.8) is 0 Å². The smallest absolute Gasteiger partial charge is 0.137 e. The van der Waals surface area contributed by atoms with Gasteiger partial charge in [0.05, 0.1) is 13.4 Å². The summed E-state index contributed by atoms with van der Waals surface area (Å²) in [5.41, 5.74) is 6.04. The molecule has 0 saturated carbocycles. The van der Waals surface area contributed by atoms with Crippen molar-refractivity contribution in [2.45, 2.75) is 13.5 Å². The molecule has 0 aliphatic heterocycles. The predicted molar refractivity (Wildman–Crippen MR) is 54.8 cm³/mol. The quantitative estimate of drug-likeness (QED) is 0.756. The summed E-state index contributed by atoms with van der Waals surface area (Å²) < 4.78 is 5.48.